The van der Waals surface area contributed by atoms with Crippen LogP contribution in [0.2, 0.25) is 0 Å². The molecule has 22 heavy (non-hydrogen) atoms. The van der Waals surface area contributed by atoms with Crippen molar-refractivity contribution in [2.75, 3.05) is 0 Å². The summed E-state index contributed by atoms with van der Waals surface area (Å²) in [5.74, 6) is 0.174. The van der Waals surface area contributed by atoms with Crippen molar-refractivity contribution < 1.29 is 17.4 Å². The zero-order valence-electron chi connectivity index (χ0n) is 12.0. The van der Waals surface area contributed by atoms with Gasteiger partial charge in [0.2, 0.25) is 0 Å². The van der Waals surface area contributed by atoms with E-state index in [-0.39, 0.29) is 17.2 Å². The SMILES string of the molecule is CCCn1ncnc1CS(=O)Cc1nnn(C)c1C(F)(F)F. The van der Waals surface area contributed by atoms with Gasteiger partial charge in [0.15, 0.2) is 5.69 Å². The van der Waals surface area contributed by atoms with E-state index in [1.165, 1.54) is 6.33 Å². The van der Waals surface area contributed by atoms with Crippen molar-refractivity contribution in [3.8, 4) is 0 Å². The number of halogens is 3. The molecule has 0 N–H and O–H groups in total. The summed E-state index contributed by atoms with van der Waals surface area (Å²) < 4.78 is 53.1. The number of aromatic nitrogens is 6. The van der Waals surface area contributed by atoms with Gasteiger partial charge in [-0.3, -0.25) is 4.21 Å². The second-order valence-electron chi connectivity index (χ2n) is 4.63. The second kappa shape index (κ2) is 6.55. The van der Waals surface area contributed by atoms with Crippen LogP contribution in [0.4, 0.5) is 13.2 Å². The molecule has 0 saturated carbocycles. The number of hydrogen-bond acceptors (Lipinski definition) is 5. The van der Waals surface area contributed by atoms with E-state index in [0.717, 1.165) is 13.5 Å². The van der Waals surface area contributed by atoms with Crippen molar-refractivity contribution in [3.05, 3.63) is 23.5 Å². The summed E-state index contributed by atoms with van der Waals surface area (Å²) in [5, 5.41) is 10.8. The first-order valence-corrected chi connectivity index (χ1v) is 7.99. The number of rotatable bonds is 6. The van der Waals surface area contributed by atoms with Crippen molar-refractivity contribution >= 4 is 10.8 Å². The molecule has 1 unspecified atom stereocenters. The van der Waals surface area contributed by atoms with Crippen LogP contribution in [0.25, 0.3) is 0 Å². The Morgan fingerprint density at radius 3 is 2.68 bits per heavy atom. The van der Waals surface area contributed by atoms with E-state index in [9.17, 15) is 17.4 Å². The lowest BCUT2D eigenvalue weighted by Gasteiger charge is -2.08. The molecule has 0 aliphatic rings. The quantitative estimate of drug-likeness (QED) is 0.794. The zero-order chi connectivity index (χ0) is 16.3. The van der Waals surface area contributed by atoms with Crippen LogP contribution in [-0.2, 0) is 42.1 Å². The standard InChI is InChI=1S/C11H15F3N6OS/c1-3-4-20-9(15-7-16-20)6-22(21)5-8-10(11(12,13)14)19(2)18-17-8/h7H,3-6H2,1-2H3. The highest BCUT2D eigenvalue weighted by atomic mass is 32.2. The number of nitrogens with zero attached hydrogens (tertiary/aromatic N) is 6. The van der Waals surface area contributed by atoms with Crippen LogP contribution in [0.5, 0.6) is 0 Å². The van der Waals surface area contributed by atoms with Crippen molar-refractivity contribution in [1.82, 2.24) is 29.8 Å². The summed E-state index contributed by atoms with van der Waals surface area (Å²) in [5.41, 5.74) is -1.30. The molecule has 0 aliphatic carbocycles. The number of hydrogen-bond donors (Lipinski definition) is 0. The zero-order valence-corrected chi connectivity index (χ0v) is 12.9. The smallest absolute Gasteiger partial charge is 0.259 e. The largest absolute Gasteiger partial charge is 0.434 e. The third-order valence-corrected chi connectivity index (χ3v) is 4.06. The summed E-state index contributed by atoms with van der Waals surface area (Å²) in [4.78, 5) is 3.99. The number of aryl methyl sites for hydroxylation is 2. The molecule has 2 rings (SSSR count). The molecule has 0 saturated heterocycles. The highest BCUT2D eigenvalue weighted by molar-refractivity contribution is 7.83. The molecule has 1 atom stereocenters. The van der Waals surface area contributed by atoms with Gasteiger partial charge in [-0.1, -0.05) is 12.1 Å². The van der Waals surface area contributed by atoms with Crippen molar-refractivity contribution in [2.24, 2.45) is 7.05 Å². The molecule has 2 aromatic heterocycles. The van der Waals surface area contributed by atoms with Crippen LogP contribution in [0.1, 0.15) is 30.6 Å². The van der Waals surface area contributed by atoms with Gasteiger partial charge in [-0.05, 0) is 6.42 Å². The molecular formula is C11H15F3N6OS. The fourth-order valence-electron chi connectivity index (χ4n) is 1.99. The predicted octanol–water partition coefficient (Wildman–Crippen LogP) is 1.28. The average Bonchev–Trinajstić information content (AvgIpc) is 2.97. The van der Waals surface area contributed by atoms with E-state index in [0.29, 0.717) is 17.1 Å². The minimum absolute atomic E-state index is 0.0217. The van der Waals surface area contributed by atoms with E-state index >= 15 is 0 Å². The maximum absolute atomic E-state index is 12.9. The molecule has 0 radical (unpaired) electrons. The van der Waals surface area contributed by atoms with Gasteiger partial charge >= 0.3 is 6.18 Å². The van der Waals surface area contributed by atoms with Gasteiger partial charge in [0.05, 0.1) is 11.5 Å². The Kier molecular flexibility index (Phi) is 4.94. The summed E-state index contributed by atoms with van der Waals surface area (Å²) in [6.45, 7) is 2.57. The fraction of sp³-hybridized carbons (Fsp3) is 0.636. The minimum atomic E-state index is -4.58. The first-order chi connectivity index (χ1) is 10.3. The molecule has 0 spiro atoms. The molecule has 2 aromatic rings. The first-order valence-electron chi connectivity index (χ1n) is 6.50. The third-order valence-electron chi connectivity index (χ3n) is 2.88. The van der Waals surface area contributed by atoms with Crippen LogP contribution >= 0.6 is 0 Å². The Balaban J connectivity index is 2.12. The fourth-order valence-corrected chi connectivity index (χ4v) is 3.10. The second-order valence-corrected chi connectivity index (χ2v) is 6.09. The van der Waals surface area contributed by atoms with Crippen LogP contribution in [-0.4, -0.2) is 34.0 Å². The Bertz CT molecular complexity index is 665. The summed E-state index contributed by atoms with van der Waals surface area (Å²) in [6, 6.07) is 0. The lowest BCUT2D eigenvalue weighted by molar-refractivity contribution is -0.144. The van der Waals surface area contributed by atoms with E-state index in [1.807, 2.05) is 6.92 Å². The van der Waals surface area contributed by atoms with Crippen LogP contribution in [0.15, 0.2) is 6.33 Å². The van der Waals surface area contributed by atoms with Gasteiger partial charge in [0.25, 0.3) is 0 Å². The predicted molar refractivity (Wildman–Crippen MR) is 71.9 cm³/mol. The Labute approximate surface area is 127 Å². The molecule has 0 aromatic carbocycles. The average molecular weight is 336 g/mol. The summed E-state index contributed by atoms with van der Waals surface area (Å²) in [6.07, 6.45) is -2.42. The van der Waals surface area contributed by atoms with Crippen LogP contribution < -0.4 is 0 Å². The van der Waals surface area contributed by atoms with Crippen molar-refractivity contribution in [1.29, 1.82) is 0 Å². The van der Waals surface area contributed by atoms with Gasteiger partial charge in [0, 0.05) is 24.4 Å². The van der Waals surface area contributed by atoms with E-state index in [1.54, 1.807) is 4.68 Å². The highest BCUT2D eigenvalue weighted by Crippen LogP contribution is 2.31. The Morgan fingerprint density at radius 1 is 1.32 bits per heavy atom. The molecule has 0 fully saturated rings. The molecule has 122 valence electrons. The summed E-state index contributed by atoms with van der Waals surface area (Å²) >= 11 is 0. The summed E-state index contributed by atoms with van der Waals surface area (Å²) in [7, 11) is -0.432. The molecule has 7 nitrogen and oxygen atoms in total. The van der Waals surface area contributed by atoms with Gasteiger partial charge in [-0.2, -0.15) is 18.3 Å². The van der Waals surface area contributed by atoms with Gasteiger partial charge < -0.3 is 0 Å². The lowest BCUT2D eigenvalue weighted by atomic mass is 10.3. The first kappa shape index (κ1) is 16.6. The van der Waals surface area contributed by atoms with Crippen LogP contribution in [0.3, 0.4) is 0 Å². The topological polar surface area (TPSA) is 78.5 Å². The number of alkyl halides is 3. The normalized spacial score (nSPS) is 13.5. The van der Waals surface area contributed by atoms with Crippen molar-refractivity contribution in [2.45, 2.75) is 37.6 Å². The Morgan fingerprint density at radius 2 is 2.05 bits per heavy atom. The lowest BCUT2D eigenvalue weighted by Crippen LogP contribution is -2.16. The van der Waals surface area contributed by atoms with Crippen molar-refractivity contribution in [3.63, 3.8) is 0 Å². The Hall–Kier alpha value is -1.78. The molecule has 2 heterocycles. The van der Waals surface area contributed by atoms with E-state index in [2.05, 4.69) is 20.4 Å². The minimum Gasteiger partial charge on any atom is -0.259 e. The molecule has 11 heteroatoms. The van der Waals surface area contributed by atoms with Crippen LogP contribution in [0, 0.1) is 0 Å². The molecular weight excluding hydrogens is 321 g/mol. The monoisotopic (exact) mass is 336 g/mol. The van der Waals surface area contributed by atoms with Gasteiger partial charge in [-0.15, -0.1) is 5.10 Å². The maximum atomic E-state index is 12.9. The molecule has 0 aliphatic heterocycles. The maximum Gasteiger partial charge on any atom is 0.434 e. The molecule has 0 bridgehead atoms. The van der Waals surface area contributed by atoms with E-state index < -0.39 is 22.7 Å². The highest BCUT2D eigenvalue weighted by Gasteiger charge is 2.38. The molecule has 0 amide bonds. The van der Waals surface area contributed by atoms with Gasteiger partial charge in [-0.25, -0.2) is 14.3 Å². The third kappa shape index (κ3) is 3.70. The van der Waals surface area contributed by atoms with E-state index in [4.69, 9.17) is 0 Å². The van der Waals surface area contributed by atoms with Gasteiger partial charge in [0.1, 0.15) is 17.8 Å².